The molecule has 0 N–H and O–H groups in total. The Morgan fingerprint density at radius 1 is 0.368 bits per heavy atom. The van der Waals surface area contributed by atoms with Gasteiger partial charge in [0.25, 0.3) is 0 Å². The van der Waals surface area contributed by atoms with Gasteiger partial charge in [-0.1, -0.05) is 152 Å². The Kier molecular flexibility index (Phi) is 8.18. The summed E-state index contributed by atoms with van der Waals surface area (Å²) in [6.07, 6.45) is 8.37. The quantitative estimate of drug-likeness (QED) is 0.166. The van der Waals surface area contributed by atoms with E-state index in [1.807, 2.05) is 6.07 Å². The molecule has 68 heavy (non-hydrogen) atoms. The molecule has 5 heteroatoms. The summed E-state index contributed by atoms with van der Waals surface area (Å²) in [4.78, 5) is 16.1. The molecule has 9 aromatic carbocycles. The van der Waals surface area contributed by atoms with Crippen molar-refractivity contribution in [2.24, 2.45) is 17.8 Å². The lowest BCUT2D eigenvalue weighted by molar-refractivity contribution is -0.00518. The van der Waals surface area contributed by atoms with E-state index in [1.54, 1.807) is 0 Å². The maximum Gasteiger partial charge on any atom is 0.167 e. The molecular weight excluding hydrogens is 831 g/mol. The van der Waals surface area contributed by atoms with Crippen LogP contribution in [0.1, 0.15) is 44.1 Å². The van der Waals surface area contributed by atoms with E-state index in [9.17, 15) is 0 Å². The van der Waals surface area contributed by atoms with Gasteiger partial charge in [-0.15, -0.1) is 0 Å². The Bertz CT molecular complexity index is 3960. The molecule has 0 saturated heterocycles. The Labute approximate surface area is 393 Å². The Morgan fingerprint density at radius 2 is 0.868 bits per heavy atom. The molecule has 12 aromatic rings. The van der Waals surface area contributed by atoms with Crippen LogP contribution >= 0.6 is 0 Å². The van der Waals surface area contributed by atoms with E-state index in [1.165, 1.54) is 60.4 Å². The van der Waals surface area contributed by atoms with E-state index in [2.05, 4.69) is 176 Å². The predicted octanol–water partition coefficient (Wildman–Crippen LogP) is 16.8. The van der Waals surface area contributed by atoms with E-state index in [0.29, 0.717) is 22.9 Å². The molecule has 3 heterocycles. The maximum absolute atomic E-state index is 6.98. The topological polar surface area (TPSA) is 65.0 Å². The van der Waals surface area contributed by atoms with Crippen molar-refractivity contribution in [1.82, 2.24) is 15.0 Å². The second-order valence-corrected chi connectivity index (χ2v) is 20.1. The van der Waals surface area contributed by atoms with Crippen LogP contribution in [0.15, 0.2) is 191 Å². The third kappa shape index (κ3) is 5.91. The average molecular weight is 876 g/mol. The summed E-state index contributed by atoms with van der Waals surface area (Å²) in [7, 11) is 0. The molecule has 4 fully saturated rings. The van der Waals surface area contributed by atoms with E-state index >= 15 is 0 Å². The van der Waals surface area contributed by atoms with Crippen molar-refractivity contribution in [2.45, 2.75) is 43.9 Å². The molecule has 0 radical (unpaired) electrons. The highest BCUT2D eigenvalue weighted by atomic mass is 16.3. The van der Waals surface area contributed by atoms with Crippen molar-refractivity contribution < 1.29 is 8.83 Å². The fourth-order valence-electron chi connectivity index (χ4n) is 13.4. The number of para-hydroxylation sites is 1. The van der Waals surface area contributed by atoms with Crippen LogP contribution in [0.4, 0.5) is 0 Å². The molecule has 0 aliphatic heterocycles. The molecule has 0 atom stereocenters. The number of rotatable bonds is 6. The molecule has 0 unspecified atom stereocenters. The smallest absolute Gasteiger partial charge is 0.167 e. The normalized spacial score (nSPS) is 19.9. The SMILES string of the molecule is c1ccc(-c2ccc(-c3nc(-c4cccc5c4oc4ccc6ccccc6c45)nc(-c4cc(-c5ccc(C67CC8CC(CC(C8)C6)C7)cc5)cc5c4oc4ccc6ccccc6c45)n3)cc2)cc1. The molecular formula is C63H45N3O2. The number of benzene rings is 9. The minimum Gasteiger partial charge on any atom is -0.455 e. The highest BCUT2D eigenvalue weighted by Gasteiger charge is 2.51. The first-order valence-electron chi connectivity index (χ1n) is 24.3. The summed E-state index contributed by atoms with van der Waals surface area (Å²) in [5, 5.41) is 8.89. The fraction of sp³-hybridized carbons (Fsp3) is 0.159. The Morgan fingerprint density at radius 3 is 1.53 bits per heavy atom. The molecule has 16 rings (SSSR count). The van der Waals surface area contributed by atoms with Gasteiger partial charge in [0.05, 0.1) is 11.1 Å². The van der Waals surface area contributed by atoms with Crippen molar-refractivity contribution in [3.05, 3.63) is 188 Å². The highest BCUT2D eigenvalue weighted by Crippen LogP contribution is 2.61. The van der Waals surface area contributed by atoms with Gasteiger partial charge in [0.15, 0.2) is 17.5 Å². The molecule has 4 saturated carbocycles. The Hall–Kier alpha value is -7.89. The monoisotopic (exact) mass is 875 g/mol. The van der Waals surface area contributed by atoms with Gasteiger partial charge in [-0.05, 0) is 141 Å². The average Bonchev–Trinajstić information content (AvgIpc) is 3.98. The summed E-state index contributed by atoms with van der Waals surface area (Å²) >= 11 is 0. The number of aromatic nitrogens is 3. The van der Waals surface area contributed by atoms with Crippen molar-refractivity contribution in [2.75, 3.05) is 0 Å². The zero-order valence-corrected chi connectivity index (χ0v) is 37.5. The van der Waals surface area contributed by atoms with Gasteiger partial charge in [0.2, 0.25) is 0 Å². The predicted molar refractivity (Wildman–Crippen MR) is 276 cm³/mol. The molecule has 4 aliphatic rings. The molecule has 3 aromatic heterocycles. The Balaban J connectivity index is 0.956. The molecule has 4 aliphatic carbocycles. The lowest BCUT2D eigenvalue weighted by Gasteiger charge is -2.57. The second-order valence-electron chi connectivity index (χ2n) is 20.1. The van der Waals surface area contributed by atoms with Gasteiger partial charge in [-0.3, -0.25) is 0 Å². The fourth-order valence-corrected chi connectivity index (χ4v) is 13.4. The van der Waals surface area contributed by atoms with Crippen molar-refractivity contribution in [3.63, 3.8) is 0 Å². The molecule has 4 bridgehead atoms. The highest BCUT2D eigenvalue weighted by molar-refractivity contribution is 6.22. The summed E-state index contributed by atoms with van der Waals surface area (Å²) in [6, 6.07) is 65.0. The summed E-state index contributed by atoms with van der Waals surface area (Å²) in [5.74, 6) is 4.33. The van der Waals surface area contributed by atoms with Crippen LogP contribution in [0.3, 0.4) is 0 Å². The van der Waals surface area contributed by atoms with Gasteiger partial charge >= 0.3 is 0 Å². The number of furan rings is 2. The van der Waals surface area contributed by atoms with Gasteiger partial charge in [-0.2, -0.15) is 0 Å². The van der Waals surface area contributed by atoms with Crippen LogP contribution < -0.4 is 0 Å². The van der Waals surface area contributed by atoms with E-state index < -0.39 is 0 Å². The largest absolute Gasteiger partial charge is 0.455 e. The van der Waals surface area contributed by atoms with Gasteiger partial charge < -0.3 is 8.83 Å². The van der Waals surface area contributed by atoms with E-state index in [-0.39, 0.29) is 0 Å². The second kappa shape index (κ2) is 14.6. The van der Waals surface area contributed by atoms with E-state index in [0.717, 1.165) is 106 Å². The van der Waals surface area contributed by atoms with E-state index in [4.69, 9.17) is 23.8 Å². The number of hydrogen-bond donors (Lipinski definition) is 0. The summed E-state index contributed by atoms with van der Waals surface area (Å²) in [6.45, 7) is 0. The van der Waals surface area contributed by atoms with Crippen molar-refractivity contribution >= 4 is 65.4 Å². The minimum atomic E-state index is 0.328. The standard InChI is InChI=1S/C63H45N3O2/c1-2-9-40(10-3-1)41-17-19-45(20-18-41)60-64-61(51-16-8-15-50-56-48-13-6-4-11-43(48)23-27-54(56)67-58(50)51)66-62(65-60)53-33-46(32-52-57-49-14-7-5-12-44(49)24-28-55(57)68-59(52)53)42-21-25-47(26-22-42)63-34-37-29-38(35-63)31-39(30-37)36-63/h1-28,32-33,37-39H,29-31,34-36H2. The molecule has 324 valence electrons. The summed E-state index contributed by atoms with van der Waals surface area (Å²) in [5.41, 5.74) is 12.1. The molecule has 5 nitrogen and oxygen atoms in total. The lowest BCUT2D eigenvalue weighted by Crippen LogP contribution is -2.48. The van der Waals surface area contributed by atoms with Gasteiger partial charge in [0, 0.05) is 27.1 Å². The number of nitrogens with zero attached hydrogens (tertiary/aromatic N) is 3. The first-order chi connectivity index (χ1) is 33.6. The van der Waals surface area contributed by atoms with Crippen LogP contribution in [0, 0.1) is 17.8 Å². The first-order valence-corrected chi connectivity index (χ1v) is 24.3. The van der Waals surface area contributed by atoms with Crippen molar-refractivity contribution in [3.8, 4) is 56.4 Å². The van der Waals surface area contributed by atoms with Crippen LogP contribution in [-0.4, -0.2) is 15.0 Å². The molecule has 0 spiro atoms. The van der Waals surface area contributed by atoms with Gasteiger partial charge in [-0.25, -0.2) is 15.0 Å². The summed E-state index contributed by atoms with van der Waals surface area (Å²) < 4.78 is 13.8. The third-order valence-corrected chi connectivity index (χ3v) is 16.1. The van der Waals surface area contributed by atoms with Crippen LogP contribution in [0.25, 0.3) is 122 Å². The maximum atomic E-state index is 6.98. The van der Waals surface area contributed by atoms with Crippen LogP contribution in [-0.2, 0) is 5.41 Å². The number of fused-ring (bicyclic) bond motifs is 10. The zero-order valence-electron chi connectivity index (χ0n) is 37.5. The zero-order chi connectivity index (χ0) is 44.5. The number of hydrogen-bond acceptors (Lipinski definition) is 5. The van der Waals surface area contributed by atoms with Gasteiger partial charge in [0.1, 0.15) is 22.3 Å². The molecule has 0 amide bonds. The van der Waals surface area contributed by atoms with Crippen molar-refractivity contribution in [1.29, 1.82) is 0 Å². The lowest BCUT2D eigenvalue weighted by atomic mass is 9.48. The first kappa shape index (κ1) is 38.2. The van der Waals surface area contributed by atoms with Crippen LogP contribution in [0.5, 0.6) is 0 Å². The third-order valence-electron chi connectivity index (χ3n) is 16.1. The minimum absolute atomic E-state index is 0.328. The van der Waals surface area contributed by atoms with Crippen LogP contribution in [0.2, 0.25) is 0 Å².